The van der Waals surface area contributed by atoms with E-state index in [1.165, 1.54) is 28.8 Å². The third-order valence-electron chi connectivity index (χ3n) is 2.64. The van der Waals surface area contributed by atoms with Crippen LogP contribution in [0, 0.1) is 5.82 Å². The van der Waals surface area contributed by atoms with Crippen molar-refractivity contribution in [3.63, 3.8) is 0 Å². The molecule has 0 unspecified atom stereocenters. The lowest BCUT2D eigenvalue weighted by atomic mass is 10.3. The summed E-state index contributed by atoms with van der Waals surface area (Å²) in [6, 6.07) is 4.35. The predicted octanol–water partition coefficient (Wildman–Crippen LogP) is 1.71. The summed E-state index contributed by atoms with van der Waals surface area (Å²) in [5, 5.41) is 0. The molecule has 76 valence electrons. The van der Waals surface area contributed by atoms with Crippen LogP contribution in [0.25, 0.3) is 5.65 Å². The molecule has 0 aliphatic heterocycles. The van der Waals surface area contributed by atoms with Crippen LogP contribution in [0.3, 0.4) is 0 Å². The van der Waals surface area contributed by atoms with Crippen molar-refractivity contribution in [1.82, 2.24) is 9.38 Å². The Kier molecular flexibility index (Phi) is 1.65. The summed E-state index contributed by atoms with van der Waals surface area (Å²) in [5.41, 5.74) is 1.15. The highest BCUT2D eigenvalue weighted by atomic mass is 19.1. The minimum Gasteiger partial charge on any atom is -0.269 e. The third-order valence-corrected chi connectivity index (χ3v) is 2.64. The van der Waals surface area contributed by atoms with Gasteiger partial charge in [0.1, 0.15) is 11.5 Å². The van der Waals surface area contributed by atoms with Crippen LogP contribution in [0.2, 0.25) is 0 Å². The first-order valence-corrected chi connectivity index (χ1v) is 4.93. The molecule has 0 saturated heterocycles. The van der Waals surface area contributed by atoms with Crippen molar-refractivity contribution in [2.45, 2.75) is 18.8 Å². The average molecular weight is 204 g/mol. The maximum Gasteiger partial charge on any atom is 0.258 e. The first-order chi connectivity index (χ1) is 7.24. The van der Waals surface area contributed by atoms with E-state index in [0.29, 0.717) is 11.6 Å². The van der Waals surface area contributed by atoms with Gasteiger partial charge in [-0.3, -0.25) is 9.20 Å². The Hall–Kier alpha value is -1.71. The summed E-state index contributed by atoms with van der Waals surface area (Å²) >= 11 is 0. The van der Waals surface area contributed by atoms with Gasteiger partial charge in [-0.05, 0) is 25.0 Å². The van der Waals surface area contributed by atoms with E-state index in [-0.39, 0.29) is 5.56 Å². The van der Waals surface area contributed by atoms with Crippen LogP contribution in [-0.2, 0) is 0 Å². The smallest absolute Gasteiger partial charge is 0.258 e. The highest BCUT2D eigenvalue weighted by molar-refractivity contribution is 5.39. The number of aromatic nitrogens is 2. The lowest BCUT2D eigenvalue weighted by molar-refractivity contribution is 0.617. The van der Waals surface area contributed by atoms with Crippen LogP contribution in [0.1, 0.15) is 24.5 Å². The number of fused-ring (bicyclic) bond motifs is 1. The quantitative estimate of drug-likeness (QED) is 0.708. The molecule has 0 bridgehead atoms. The maximum atomic E-state index is 12.9. The first-order valence-electron chi connectivity index (χ1n) is 4.93. The molecule has 2 aromatic rings. The van der Waals surface area contributed by atoms with Crippen LogP contribution in [0.4, 0.5) is 4.39 Å². The molecule has 15 heavy (non-hydrogen) atoms. The van der Waals surface area contributed by atoms with Gasteiger partial charge in [0.2, 0.25) is 0 Å². The fourth-order valence-corrected chi connectivity index (χ4v) is 1.68. The molecule has 0 amide bonds. The Balaban J connectivity index is 2.31. The third kappa shape index (κ3) is 1.42. The van der Waals surface area contributed by atoms with Gasteiger partial charge in [-0.25, -0.2) is 9.37 Å². The van der Waals surface area contributed by atoms with Gasteiger partial charge in [0.15, 0.2) is 0 Å². The van der Waals surface area contributed by atoms with Gasteiger partial charge in [-0.2, -0.15) is 0 Å². The van der Waals surface area contributed by atoms with Crippen molar-refractivity contribution in [3.05, 3.63) is 46.3 Å². The van der Waals surface area contributed by atoms with E-state index < -0.39 is 5.82 Å². The number of nitrogens with zero attached hydrogens (tertiary/aromatic N) is 2. The zero-order chi connectivity index (χ0) is 10.4. The SMILES string of the molecule is O=c1cc(C2CC2)nc2ccc(F)cn12. The van der Waals surface area contributed by atoms with Crippen molar-refractivity contribution < 1.29 is 4.39 Å². The fraction of sp³-hybridized carbons (Fsp3) is 0.273. The second-order valence-corrected chi connectivity index (χ2v) is 3.87. The Morgan fingerprint density at radius 1 is 1.40 bits per heavy atom. The van der Waals surface area contributed by atoms with Gasteiger partial charge in [0.25, 0.3) is 5.56 Å². The molecule has 1 saturated carbocycles. The topological polar surface area (TPSA) is 34.4 Å². The monoisotopic (exact) mass is 204 g/mol. The van der Waals surface area contributed by atoms with Crippen LogP contribution >= 0.6 is 0 Å². The van der Waals surface area contributed by atoms with Crippen molar-refractivity contribution in [2.75, 3.05) is 0 Å². The average Bonchev–Trinajstić information content (AvgIpc) is 3.02. The Bertz CT molecular complexity index is 587. The lowest BCUT2D eigenvalue weighted by Gasteiger charge is -2.02. The Morgan fingerprint density at radius 3 is 2.93 bits per heavy atom. The van der Waals surface area contributed by atoms with Gasteiger partial charge in [0, 0.05) is 18.2 Å². The molecular formula is C11H9FN2O. The molecule has 0 radical (unpaired) electrons. The second-order valence-electron chi connectivity index (χ2n) is 3.87. The molecule has 3 nitrogen and oxygen atoms in total. The second kappa shape index (κ2) is 2.89. The molecule has 0 N–H and O–H groups in total. The Labute approximate surface area is 85.2 Å². The number of rotatable bonds is 1. The number of hydrogen-bond donors (Lipinski definition) is 0. The van der Waals surface area contributed by atoms with Crippen LogP contribution in [-0.4, -0.2) is 9.38 Å². The predicted molar refractivity (Wildman–Crippen MR) is 53.4 cm³/mol. The van der Waals surface area contributed by atoms with E-state index in [0.717, 1.165) is 18.5 Å². The maximum absolute atomic E-state index is 12.9. The van der Waals surface area contributed by atoms with Crippen LogP contribution in [0.5, 0.6) is 0 Å². The summed E-state index contributed by atoms with van der Waals surface area (Å²) in [4.78, 5) is 16.0. The molecule has 1 aliphatic carbocycles. The standard InChI is InChI=1S/C11H9FN2O/c12-8-3-4-10-13-9(7-1-2-7)5-11(15)14(10)6-8/h3-7H,1-2H2. The zero-order valence-corrected chi connectivity index (χ0v) is 7.98. The number of pyridine rings is 1. The van der Waals surface area contributed by atoms with E-state index in [2.05, 4.69) is 4.98 Å². The number of halogens is 1. The largest absolute Gasteiger partial charge is 0.269 e. The minimum absolute atomic E-state index is 0.207. The molecule has 2 heterocycles. The molecule has 0 spiro atoms. The van der Waals surface area contributed by atoms with Gasteiger partial charge in [-0.1, -0.05) is 0 Å². The van der Waals surface area contributed by atoms with Crippen LogP contribution in [0.15, 0.2) is 29.2 Å². The van der Waals surface area contributed by atoms with Gasteiger partial charge in [-0.15, -0.1) is 0 Å². The summed E-state index contributed by atoms with van der Waals surface area (Å²) in [5.74, 6) is 0.0123. The van der Waals surface area contributed by atoms with Crippen LogP contribution < -0.4 is 5.56 Å². The van der Waals surface area contributed by atoms with E-state index >= 15 is 0 Å². The normalized spacial score (nSPS) is 15.8. The van der Waals surface area contributed by atoms with Crippen molar-refractivity contribution in [2.24, 2.45) is 0 Å². The molecule has 4 heteroatoms. The van der Waals surface area contributed by atoms with Crippen molar-refractivity contribution in [1.29, 1.82) is 0 Å². The fourth-order valence-electron chi connectivity index (χ4n) is 1.68. The van der Waals surface area contributed by atoms with Gasteiger partial charge < -0.3 is 0 Å². The molecule has 1 fully saturated rings. The zero-order valence-electron chi connectivity index (χ0n) is 7.98. The number of hydrogen-bond acceptors (Lipinski definition) is 2. The van der Waals surface area contributed by atoms with E-state index in [1.54, 1.807) is 0 Å². The highest BCUT2D eigenvalue weighted by Gasteiger charge is 2.25. The van der Waals surface area contributed by atoms with E-state index in [1.807, 2.05) is 0 Å². The summed E-state index contributed by atoms with van der Waals surface area (Å²) in [6.07, 6.45) is 3.37. The lowest BCUT2D eigenvalue weighted by Crippen LogP contribution is -2.15. The molecule has 3 rings (SSSR count). The first kappa shape index (κ1) is 8.59. The molecule has 0 atom stereocenters. The van der Waals surface area contributed by atoms with Crippen molar-refractivity contribution >= 4 is 5.65 Å². The molecular weight excluding hydrogens is 195 g/mol. The Morgan fingerprint density at radius 2 is 2.20 bits per heavy atom. The van der Waals surface area contributed by atoms with Gasteiger partial charge in [0.05, 0.1) is 5.69 Å². The van der Waals surface area contributed by atoms with E-state index in [9.17, 15) is 9.18 Å². The highest BCUT2D eigenvalue weighted by Crippen LogP contribution is 2.38. The summed E-state index contributed by atoms with van der Waals surface area (Å²) < 4.78 is 14.1. The molecule has 2 aromatic heterocycles. The van der Waals surface area contributed by atoms with E-state index in [4.69, 9.17) is 0 Å². The van der Waals surface area contributed by atoms with Gasteiger partial charge >= 0.3 is 0 Å². The molecule has 0 aromatic carbocycles. The minimum atomic E-state index is -0.425. The molecule has 1 aliphatic rings. The van der Waals surface area contributed by atoms with Crippen molar-refractivity contribution in [3.8, 4) is 0 Å². The summed E-state index contributed by atoms with van der Waals surface area (Å²) in [7, 11) is 0. The summed E-state index contributed by atoms with van der Waals surface area (Å²) in [6.45, 7) is 0.